The van der Waals surface area contributed by atoms with E-state index in [4.69, 9.17) is 23.2 Å². The molecule has 2 aromatic rings. The molecule has 0 bridgehead atoms. The number of hydrogen-bond donors (Lipinski definition) is 1. The first kappa shape index (κ1) is 27.2. The van der Waals surface area contributed by atoms with Crippen molar-refractivity contribution < 1.29 is 13.2 Å². The first-order chi connectivity index (χ1) is 17.1. The van der Waals surface area contributed by atoms with Gasteiger partial charge < -0.3 is 4.90 Å². The van der Waals surface area contributed by atoms with Crippen molar-refractivity contribution in [3.05, 3.63) is 82.4 Å². The Morgan fingerprint density at radius 1 is 1.14 bits per heavy atom. The van der Waals surface area contributed by atoms with Gasteiger partial charge in [0.05, 0.1) is 16.7 Å². The van der Waals surface area contributed by atoms with Gasteiger partial charge in [0, 0.05) is 28.5 Å². The van der Waals surface area contributed by atoms with E-state index in [9.17, 15) is 13.2 Å². The number of halogens is 2. The molecular weight excluding hydrogens is 515 g/mol. The lowest BCUT2D eigenvalue weighted by molar-refractivity contribution is -0.154. The topological polar surface area (TPSA) is 66.5 Å². The molecule has 8 heteroatoms. The number of carbonyl (C=O) groups is 1. The van der Waals surface area contributed by atoms with Crippen LogP contribution in [0.4, 0.5) is 0 Å². The molecule has 1 amide bonds. The first-order valence-corrected chi connectivity index (χ1v) is 14.8. The van der Waals surface area contributed by atoms with Crippen LogP contribution in [0, 0.1) is 5.41 Å². The van der Waals surface area contributed by atoms with Crippen LogP contribution >= 0.6 is 23.2 Å². The number of nitrogens with zero attached hydrogens (tertiary/aromatic N) is 1. The molecule has 2 aliphatic rings. The molecule has 1 N–H and O–H groups in total. The summed E-state index contributed by atoms with van der Waals surface area (Å²) in [7, 11) is -3.39. The summed E-state index contributed by atoms with van der Waals surface area (Å²) >= 11 is 12.6. The fraction of sp³-hybridized carbons (Fsp3) is 0.464. The van der Waals surface area contributed by atoms with Gasteiger partial charge in [-0.3, -0.25) is 4.79 Å². The van der Waals surface area contributed by atoms with Crippen LogP contribution in [0.3, 0.4) is 0 Å². The van der Waals surface area contributed by atoms with Gasteiger partial charge in [0.2, 0.25) is 15.9 Å². The first-order valence-electron chi connectivity index (χ1n) is 12.5. The zero-order valence-electron chi connectivity index (χ0n) is 20.8. The number of nitrogens with one attached hydrogen (secondary N) is 1. The van der Waals surface area contributed by atoms with Crippen LogP contribution in [0.2, 0.25) is 10.0 Å². The Morgan fingerprint density at radius 3 is 2.42 bits per heavy atom. The number of likely N-dealkylation sites (tertiary alicyclic amines) is 1. The zero-order chi connectivity index (χ0) is 26.1. The van der Waals surface area contributed by atoms with Crippen molar-refractivity contribution in [2.45, 2.75) is 69.2 Å². The molecule has 1 heterocycles. The minimum absolute atomic E-state index is 0.0121. The molecule has 1 saturated heterocycles. The largest absolute Gasteiger partial charge is 0.330 e. The van der Waals surface area contributed by atoms with Crippen LogP contribution < -0.4 is 4.72 Å². The second-order valence-corrected chi connectivity index (χ2v) is 13.2. The van der Waals surface area contributed by atoms with Gasteiger partial charge in [0.15, 0.2) is 0 Å². The van der Waals surface area contributed by atoms with Crippen molar-refractivity contribution in [3.8, 4) is 0 Å². The van der Waals surface area contributed by atoms with Crippen molar-refractivity contribution in [2.24, 2.45) is 5.41 Å². The van der Waals surface area contributed by atoms with Crippen molar-refractivity contribution in [3.63, 3.8) is 0 Å². The monoisotopic (exact) mass is 548 g/mol. The van der Waals surface area contributed by atoms with E-state index in [1.54, 1.807) is 6.08 Å². The van der Waals surface area contributed by atoms with Crippen LogP contribution in [0.15, 0.2) is 61.2 Å². The predicted molar refractivity (Wildman–Crippen MR) is 147 cm³/mol. The predicted octanol–water partition coefficient (Wildman–Crippen LogP) is 6.49. The Kier molecular flexibility index (Phi) is 8.20. The van der Waals surface area contributed by atoms with Crippen LogP contribution in [0.25, 0.3) is 0 Å². The van der Waals surface area contributed by atoms with Crippen molar-refractivity contribution >= 4 is 39.1 Å². The Morgan fingerprint density at radius 2 is 1.83 bits per heavy atom. The van der Waals surface area contributed by atoms with Gasteiger partial charge in [-0.05, 0) is 67.5 Å². The van der Waals surface area contributed by atoms with Gasteiger partial charge in [0.25, 0.3) is 0 Å². The van der Waals surface area contributed by atoms with Crippen molar-refractivity contribution in [1.82, 2.24) is 9.62 Å². The number of hydrogen-bond acceptors (Lipinski definition) is 3. The summed E-state index contributed by atoms with van der Waals surface area (Å²) < 4.78 is 28.1. The van der Waals surface area contributed by atoms with E-state index in [0.717, 1.165) is 11.1 Å². The van der Waals surface area contributed by atoms with Gasteiger partial charge in [0.1, 0.15) is 0 Å². The Labute approximate surface area is 224 Å². The highest BCUT2D eigenvalue weighted by Gasteiger charge is 2.51. The van der Waals surface area contributed by atoms with E-state index >= 15 is 0 Å². The number of piperidine rings is 1. The van der Waals surface area contributed by atoms with E-state index < -0.39 is 15.4 Å². The number of allylic oxidation sites excluding steroid dienone is 1. The van der Waals surface area contributed by atoms with Crippen LogP contribution in [0.1, 0.15) is 69.0 Å². The Bertz CT molecular complexity index is 1210. The highest BCUT2D eigenvalue weighted by Crippen LogP contribution is 2.52. The molecule has 1 aliphatic heterocycles. The lowest BCUT2D eigenvalue weighted by Crippen LogP contribution is -2.57. The third kappa shape index (κ3) is 5.67. The van der Waals surface area contributed by atoms with Crippen LogP contribution in [0.5, 0.6) is 0 Å². The maximum Gasteiger partial charge on any atom is 0.229 e. The SMILES string of the molecule is C=CC[C@@]1(C)CC(c2cccc(Cl)c2)[C@@H](c2ccc(Cl)cc2)N([C@@H](CC)CNS(=O)(=O)C2CC2)C1=O. The van der Waals surface area contributed by atoms with Gasteiger partial charge in [-0.25, -0.2) is 13.1 Å². The van der Waals surface area contributed by atoms with Gasteiger partial charge >= 0.3 is 0 Å². The second kappa shape index (κ2) is 10.9. The molecule has 5 nitrogen and oxygen atoms in total. The van der Waals surface area contributed by atoms with Gasteiger partial charge in [-0.15, -0.1) is 6.58 Å². The molecular formula is C28H34Cl2N2O3S. The number of amides is 1. The molecule has 0 aromatic heterocycles. The summed E-state index contributed by atoms with van der Waals surface area (Å²) in [6.45, 7) is 8.08. The van der Waals surface area contributed by atoms with Crippen molar-refractivity contribution in [1.29, 1.82) is 0 Å². The average molecular weight is 550 g/mol. The van der Waals surface area contributed by atoms with E-state index in [0.29, 0.717) is 42.1 Å². The summed E-state index contributed by atoms with van der Waals surface area (Å²) in [6, 6.07) is 14.8. The lowest BCUT2D eigenvalue weighted by atomic mass is 9.67. The maximum absolute atomic E-state index is 14.3. The molecule has 36 heavy (non-hydrogen) atoms. The fourth-order valence-electron chi connectivity index (χ4n) is 5.44. The lowest BCUT2D eigenvalue weighted by Gasteiger charge is -2.52. The molecule has 2 fully saturated rings. The second-order valence-electron chi connectivity index (χ2n) is 10.3. The molecule has 4 atom stereocenters. The summed E-state index contributed by atoms with van der Waals surface area (Å²) in [5, 5.41) is 0.942. The van der Waals surface area contributed by atoms with E-state index in [1.165, 1.54) is 0 Å². The number of sulfonamides is 1. The quantitative estimate of drug-likeness (QED) is 0.345. The molecule has 1 unspecified atom stereocenters. The average Bonchev–Trinajstić information content (AvgIpc) is 3.69. The summed E-state index contributed by atoms with van der Waals surface area (Å²) in [5.41, 5.74) is 1.33. The molecule has 4 rings (SSSR count). The smallest absolute Gasteiger partial charge is 0.229 e. The van der Waals surface area contributed by atoms with Gasteiger partial charge in [-0.1, -0.05) is 67.4 Å². The molecule has 0 radical (unpaired) electrons. The highest BCUT2D eigenvalue weighted by atomic mass is 35.5. The minimum atomic E-state index is -3.39. The van der Waals surface area contributed by atoms with Gasteiger partial charge in [-0.2, -0.15) is 0 Å². The van der Waals surface area contributed by atoms with Crippen LogP contribution in [-0.2, 0) is 14.8 Å². The summed E-state index contributed by atoms with van der Waals surface area (Å²) in [4.78, 5) is 16.2. The third-order valence-electron chi connectivity index (χ3n) is 7.53. The standard InChI is InChI=1S/C28H34Cl2N2O3S/c1-4-15-28(3)17-25(20-7-6-8-22(30)16-20)26(19-9-11-21(29)12-10-19)32(27(28)33)23(5-2)18-31-36(34,35)24-13-14-24/h4,6-12,16,23-26,31H,1,5,13-15,17-18H2,2-3H3/t23-,25?,26+,28-/m0/s1. The zero-order valence-corrected chi connectivity index (χ0v) is 23.1. The van der Waals surface area contributed by atoms with E-state index in [2.05, 4.69) is 17.4 Å². The molecule has 194 valence electrons. The fourth-order valence-corrected chi connectivity index (χ4v) is 7.18. The normalized spacial score (nSPS) is 25.6. The Hall–Kier alpha value is -1.86. The Balaban J connectivity index is 1.82. The molecule has 1 aliphatic carbocycles. The maximum atomic E-state index is 14.3. The van der Waals surface area contributed by atoms with E-state index in [1.807, 2.05) is 61.2 Å². The number of carbonyl (C=O) groups excluding carboxylic acids is 1. The third-order valence-corrected chi connectivity index (χ3v) is 9.94. The summed E-state index contributed by atoms with van der Waals surface area (Å²) in [6.07, 6.45) is 4.93. The number of rotatable bonds is 10. The molecule has 0 spiro atoms. The highest BCUT2D eigenvalue weighted by molar-refractivity contribution is 7.90. The number of benzene rings is 2. The summed E-state index contributed by atoms with van der Waals surface area (Å²) in [5.74, 6) is -0.0419. The minimum Gasteiger partial charge on any atom is -0.330 e. The van der Waals surface area contributed by atoms with E-state index in [-0.39, 0.29) is 35.7 Å². The van der Waals surface area contributed by atoms with Crippen molar-refractivity contribution in [2.75, 3.05) is 6.54 Å². The molecule has 2 aromatic carbocycles. The molecule has 1 saturated carbocycles. The van der Waals surface area contributed by atoms with Crippen LogP contribution in [-0.4, -0.2) is 37.1 Å².